The zero-order valence-corrected chi connectivity index (χ0v) is 11.8. The minimum absolute atomic E-state index is 0.229. The quantitative estimate of drug-likeness (QED) is 0.599. The van der Waals surface area contributed by atoms with Crippen molar-refractivity contribution in [2.45, 2.75) is 20.8 Å². The van der Waals surface area contributed by atoms with Crippen LogP contribution in [0.5, 0.6) is 0 Å². The molecule has 0 N–H and O–H groups in total. The van der Waals surface area contributed by atoms with Crippen LogP contribution in [0.4, 0.5) is 0 Å². The van der Waals surface area contributed by atoms with Gasteiger partial charge in [0.2, 0.25) is 5.52 Å². The summed E-state index contributed by atoms with van der Waals surface area (Å²) in [6, 6.07) is 3.91. The second-order valence-corrected chi connectivity index (χ2v) is 7.62. The monoisotopic (exact) mass is 250 g/mol. The zero-order valence-electron chi connectivity index (χ0n) is 10.9. The Labute approximate surface area is 103 Å². The summed E-state index contributed by atoms with van der Waals surface area (Å²) in [5.74, 6) is 0. The maximum absolute atomic E-state index is 12.3. The summed E-state index contributed by atoms with van der Waals surface area (Å²) in [4.78, 5) is 12.3. The van der Waals surface area contributed by atoms with Gasteiger partial charge in [0, 0.05) is 11.7 Å². The van der Waals surface area contributed by atoms with E-state index in [2.05, 4.69) is 6.58 Å². The van der Waals surface area contributed by atoms with Crippen LogP contribution in [0.1, 0.15) is 27.0 Å². The van der Waals surface area contributed by atoms with Crippen molar-refractivity contribution in [3.8, 4) is 0 Å². The molecule has 0 amide bonds. The highest BCUT2D eigenvalue weighted by molar-refractivity contribution is 7.80. The Bertz CT molecular complexity index is 492. The largest absolute Gasteiger partial charge is 0.315 e. The van der Waals surface area contributed by atoms with Gasteiger partial charge in [-0.1, -0.05) is 23.8 Å². The molecule has 2 nitrogen and oxygen atoms in total. The van der Waals surface area contributed by atoms with Crippen molar-refractivity contribution >= 4 is 12.7 Å². The lowest BCUT2D eigenvalue weighted by Gasteiger charge is -2.14. The summed E-state index contributed by atoms with van der Waals surface area (Å²) in [5.41, 5.74) is 3.30. The predicted octanol–water partition coefficient (Wildman–Crippen LogP) is 3.93. The smallest absolute Gasteiger partial charge is 0.221 e. The number of hydrogen-bond donors (Lipinski definition) is 0. The highest BCUT2D eigenvalue weighted by Gasteiger charge is 2.27. The van der Waals surface area contributed by atoms with Crippen LogP contribution in [-0.4, -0.2) is 18.4 Å². The number of rotatable bonds is 4. The minimum Gasteiger partial charge on any atom is -0.315 e. The summed E-state index contributed by atoms with van der Waals surface area (Å²) < 4.78 is 12.3. The fraction of sp³-hybridized carbons (Fsp3) is 0.357. The number of carbonyl (C=O) groups excluding carboxylic acids is 1. The van der Waals surface area contributed by atoms with Gasteiger partial charge in [0.05, 0.1) is 0 Å². The topological polar surface area (TPSA) is 34.1 Å². The first-order chi connectivity index (χ1) is 7.79. The molecule has 0 aliphatic carbocycles. The second kappa shape index (κ2) is 5.01. The minimum atomic E-state index is -2.83. The van der Waals surface area contributed by atoms with Gasteiger partial charge in [-0.3, -0.25) is 4.79 Å². The first-order valence-corrected chi connectivity index (χ1v) is 7.93. The van der Waals surface area contributed by atoms with E-state index in [9.17, 15) is 9.36 Å². The number of hydrogen-bond acceptors (Lipinski definition) is 2. The van der Waals surface area contributed by atoms with E-state index in [1.165, 1.54) is 6.66 Å². The van der Waals surface area contributed by atoms with Gasteiger partial charge in [0.25, 0.3) is 0 Å². The molecule has 0 fully saturated rings. The van der Waals surface area contributed by atoms with Crippen LogP contribution >= 0.6 is 7.14 Å². The first kappa shape index (κ1) is 13.9. The van der Waals surface area contributed by atoms with Crippen LogP contribution in [0.3, 0.4) is 0 Å². The predicted molar refractivity (Wildman–Crippen MR) is 73.6 cm³/mol. The van der Waals surface area contributed by atoms with E-state index in [1.54, 1.807) is 6.08 Å². The Morgan fingerprint density at radius 2 is 1.76 bits per heavy atom. The SMILES string of the molecule is C=CCP(C)(=O)C(=O)c1c(C)cc(C)cc1C. The summed E-state index contributed by atoms with van der Waals surface area (Å²) in [7, 11) is -2.83. The van der Waals surface area contributed by atoms with E-state index >= 15 is 0 Å². The van der Waals surface area contributed by atoms with Gasteiger partial charge in [-0.15, -0.1) is 6.58 Å². The molecule has 0 aromatic heterocycles. The molecule has 1 aromatic rings. The summed E-state index contributed by atoms with van der Waals surface area (Å²) >= 11 is 0. The summed E-state index contributed by atoms with van der Waals surface area (Å²) in [5, 5.41) is 0. The maximum atomic E-state index is 12.3. The molecule has 17 heavy (non-hydrogen) atoms. The van der Waals surface area contributed by atoms with Crippen molar-refractivity contribution < 1.29 is 9.36 Å². The Morgan fingerprint density at radius 3 is 2.18 bits per heavy atom. The van der Waals surface area contributed by atoms with Gasteiger partial charge >= 0.3 is 0 Å². The number of benzene rings is 1. The molecule has 1 aromatic carbocycles. The molecule has 1 rings (SSSR count). The molecule has 92 valence electrons. The third kappa shape index (κ3) is 2.95. The van der Waals surface area contributed by atoms with Crippen LogP contribution < -0.4 is 0 Å². The van der Waals surface area contributed by atoms with Crippen LogP contribution in [0.25, 0.3) is 0 Å². The molecule has 0 saturated carbocycles. The van der Waals surface area contributed by atoms with Gasteiger partial charge in [-0.25, -0.2) is 0 Å². The molecule has 0 heterocycles. The molecular formula is C14H19O2P. The fourth-order valence-corrected chi connectivity index (χ4v) is 3.57. The van der Waals surface area contributed by atoms with Crippen LogP contribution in [0.15, 0.2) is 24.8 Å². The molecule has 0 aliphatic rings. The van der Waals surface area contributed by atoms with Crippen molar-refractivity contribution in [2.24, 2.45) is 0 Å². The van der Waals surface area contributed by atoms with Crippen LogP contribution in [-0.2, 0) is 4.57 Å². The Balaban J connectivity index is 3.31. The molecule has 0 saturated heterocycles. The lowest BCUT2D eigenvalue weighted by Crippen LogP contribution is -2.07. The normalized spacial score (nSPS) is 14.1. The van der Waals surface area contributed by atoms with Gasteiger partial charge < -0.3 is 4.57 Å². The van der Waals surface area contributed by atoms with E-state index in [0.29, 0.717) is 5.56 Å². The Hall–Kier alpha value is -1.14. The van der Waals surface area contributed by atoms with Gasteiger partial charge in [0.15, 0.2) is 7.14 Å². The van der Waals surface area contributed by atoms with Crippen molar-refractivity contribution in [3.05, 3.63) is 47.0 Å². The Kier molecular flexibility index (Phi) is 4.11. The fourth-order valence-electron chi connectivity index (χ4n) is 2.08. The van der Waals surface area contributed by atoms with Gasteiger partial charge in [-0.05, 0) is 38.6 Å². The maximum Gasteiger partial charge on any atom is 0.221 e. The first-order valence-electron chi connectivity index (χ1n) is 5.59. The third-order valence-corrected chi connectivity index (χ3v) is 4.84. The standard InChI is InChI=1S/C14H19O2P/c1-6-7-17(5,16)14(15)13-11(3)8-10(2)9-12(13)4/h6,8-9H,1,7H2,2-5H3. The van der Waals surface area contributed by atoms with Crippen molar-refractivity contribution in [1.29, 1.82) is 0 Å². The number of allylic oxidation sites excluding steroid dienone is 1. The second-order valence-electron chi connectivity index (χ2n) is 4.65. The van der Waals surface area contributed by atoms with E-state index in [4.69, 9.17) is 0 Å². The highest BCUT2D eigenvalue weighted by Crippen LogP contribution is 2.46. The third-order valence-electron chi connectivity index (χ3n) is 2.80. The molecule has 0 radical (unpaired) electrons. The molecule has 1 unspecified atom stereocenters. The Morgan fingerprint density at radius 1 is 1.29 bits per heavy atom. The lowest BCUT2D eigenvalue weighted by molar-refractivity contribution is 0.107. The van der Waals surface area contributed by atoms with Gasteiger partial charge in [0.1, 0.15) is 0 Å². The average Bonchev–Trinajstić information content (AvgIpc) is 2.15. The average molecular weight is 250 g/mol. The van der Waals surface area contributed by atoms with Crippen LogP contribution in [0.2, 0.25) is 0 Å². The van der Waals surface area contributed by atoms with Gasteiger partial charge in [-0.2, -0.15) is 0 Å². The van der Waals surface area contributed by atoms with Crippen molar-refractivity contribution in [3.63, 3.8) is 0 Å². The van der Waals surface area contributed by atoms with Crippen LogP contribution in [0, 0.1) is 20.8 Å². The number of carbonyl (C=O) groups is 1. The lowest BCUT2D eigenvalue weighted by atomic mass is 10.0. The van der Waals surface area contributed by atoms with E-state index in [-0.39, 0.29) is 11.7 Å². The molecule has 1 atom stereocenters. The van der Waals surface area contributed by atoms with Crippen molar-refractivity contribution in [1.82, 2.24) is 0 Å². The van der Waals surface area contributed by atoms with Crippen molar-refractivity contribution in [2.75, 3.05) is 12.8 Å². The van der Waals surface area contributed by atoms with E-state index in [0.717, 1.165) is 16.7 Å². The summed E-state index contributed by atoms with van der Waals surface area (Å²) in [6.45, 7) is 10.9. The zero-order chi connectivity index (χ0) is 13.2. The van der Waals surface area contributed by atoms with E-state index < -0.39 is 7.14 Å². The summed E-state index contributed by atoms with van der Waals surface area (Å²) in [6.07, 6.45) is 1.82. The molecule has 0 aliphatic heterocycles. The highest BCUT2D eigenvalue weighted by atomic mass is 31.2. The molecule has 3 heteroatoms. The number of aryl methyl sites for hydroxylation is 3. The molecule has 0 bridgehead atoms. The van der Waals surface area contributed by atoms with E-state index in [1.807, 2.05) is 32.9 Å². The molecule has 0 spiro atoms. The molecular weight excluding hydrogens is 231 g/mol.